The second-order valence-electron chi connectivity index (χ2n) is 5.18. The molecule has 0 aliphatic heterocycles. The Morgan fingerprint density at radius 3 is 2.91 bits per heavy atom. The first-order valence-corrected chi connectivity index (χ1v) is 8.06. The summed E-state index contributed by atoms with van der Waals surface area (Å²) in [6.07, 6.45) is 3.42. The fourth-order valence-corrected chi connectivity index (χ4v) is 2.85. The molecule has 0 spiro atoms. The number of rotatable bonds is 6. The lowest BCUT2D eigenvalue weighted by molar-refractivity contribution is 0.103. The number of carbonyl (C=O) groups excluding carboxylic acids is 1. The first-order chi connectivity index (χ1) is 10.6. The molecule has 2 aromatic rings. The van der Waals surface area contributed by atoms with Crippen LogP contribution >= 0.6 is 0 Å². The van der Waals surface area contributed by atoms with Crippen molar-refractivity contribution >= 4 is 16.9 Å². The molecule has 116 valence electrons. The van der Waals surface area contributed by atoms with Crippen LogP contribution in [0.1, 0.15) is 46.0 Å². The molecule has 6 nitrogen and oxygen atoms in total. The van der Waals surface area contributed by atoms with E-state index in [0.29, 0.717) is 28.2 Å². The van der Waals surface area contributed by atoms with Crippen LogP contribution in [0.25, 0.3) is 0 Å². The zero-order valence-electron chi connectivity index (χ0n) is 11.9. The zero-order chi connectivity index (χ0) is 15.7. The molecule has 0 saturated heterocycles. The van der Waals surface area contributed by atoms with Gasteiger partial charge in [0.15, 0.2) is 11.5 Å². The average molecular weight is 320 g/mol. The van der Waals surface area contributed by atoms with Crippen molar-refractivity contribution in [2.24, 2.45) is 0 Å². The number of nitrogens with zero attached hydrogens (tertiary/aromatic N) is 1. The number of aromatic nitrogens is 1. The van der Waals surface area contributed by atoms with Crippen LogP contribution in [-0.4, -0.2) is 26.8 Å². The van der Waals surface area contributed by atoms with Crippen molar-refractivity contribution in [1.82, 2.24) is 5.16 Å². The van der Waals surface area contributed by atoms with E-state index in [4.69, 9.17) is 9.26 Å². The summed E-state index contributed by atoms with van der Waals surface area (Å²) < 4.78 is 32.2. The van der Waals surface area contributed by atoms with Gasteiger partial charge in [-0.1, -0.05) is 16.2 Å². The Balaban J connectivity index is 1.95. The van der Waals surface area contributed by atoms with Crippen LogP contribution in [0.5, 0.6) is 5.75 Å². The fourth-order valence-electron chi connectivity index (χ4n) is 2.37. The summed E-state index contributed by atoms with van der Waals surface area (Å²) >= 11 is -2.26. The highest BCUT2D eigenvalue weighted by molar-refractivity contribution is 7.78. The predicted octanol–water partition coefficient (Wildman–Crippen LogP) is 2.17. The smallest absolute Gasteiger partial charge is 0.198 e. The van der Waals surface area contributed by atoms with Crippen LogP contribution in [0.4, 0.5) is 0 Å². The van der Waals surface area contributed by atoms with Gasteiger partial charge < -0.3 is 13.8 Å². The molecule has 22 heavy (non-hydrogen) atoms. The summed E-state index contributed by atoms with van der Waals surface area (Å²) in [5.74, 6) is 0.906. The van der Waals surface area contributed by atoms with E-state index in [0.717, 1.165) is 12.8 Å². The lowest BCUT2D eigenvalue weighted by atomic mass is 10.0. The highest BCUT2D eigenvalue weighted by Crippen LogP contribution is 2.42. The van der Waals surface area contributed by atoms with Crippen molar-refractivity contribution in [1.29, 1.82) is 0 Å². The van der Waals surface area contributed by atoms with Crippen molar-refractivity contribution in [3.63, 3.8) is 0 Å². The molecule has 0 bridgehead atoms. The van der Waals surface area contributed by atoms with Gasteiger partial charge in [-0.15, -0.1) is 0 Å². The van der Waals surface area contributed by atoms with Crippen molar-refractivity contribution < 1.29 is 22.8 Å². The van der Waals surface area contributed by atoms with E-state index in [2.05, 4.69) is 5.16 Å². The minimum absolute atomic E-state index is 0.205. The third-order valence-corrected chi connectivity index (χ3v) is 4.15. The second-order valence-corrected chi connectivity index (χ2v) is 6.08. The van der Waals surface area contributed by atoms with Gasteiger partial charge in [0.1, 0.15) is 5.75 Å². The molecule has 7 heteroatoms. The van der Waals surface area contributed by atoms with E-state index in [-0.39, 0.29) is 17.5 Å². The monoisotopic (exact) mass is 320 g/mol. The molecule has 3 rings (SSSR count). The summed E-state index contributed by atoms with van der Waals surface area (Å²) in [6.45, 7) is 0. The Bertz CT molecular complexity index is 735. The Hall–Kier alpha value is -1.99. The van der Waals surface area contributed by atoms with Crippen molar-refractivity contribution in [3.05, 3.63) is 46.8 Å². The Kier molecular flexibility index (Phi) is 4.08. The first-order valence-electron chi connectivity index (χ1n) is 6.82. The summed E-state index contributed by atoms with van der Waals surface area (Å²) in [5.41, 5.74) is 1.29. The normalized spacial score (nSPS) is 15.5. The van der Waals surface area contributed by atoms with Crippen LogP contribution < -0.4 is 4.74 Å². The molecule has 1 atom stereocenters. The summed E-state index contributed by atoms with van der Waals surface area (Å²) in [4.78, 5) is 12.6. The minimum atomic E-state index is -2.26. The maximum absolute atomic E-state index is 12.6. The summed E-state index contributed by atoms with van der Waals surface area (Å²) in [6, 6.07) is 4.75. The number of hydrogen-bond donors (Lipinski definition) is 0. The first kappa shape index (κ1) is 14.9. The standard InChI is InChI=1S/C15H15NO5S/c1-20-13-5-4-10(6-11(13)8-22(18)19)14(17)12-7-16-21-15(12)9-2-3-9/h4-7,9H,2-3,8H2,1H3,(H,18,19)/p-1. The van der Waals surface area contributed by atoms with Crippen LogP contribution in [0.15, 0.2) is 28.9 Å². The number of benzene rings is 1. The van der Waals surface area contributed by atoms with Gasteiger partial charge in [0.25, 0.3) is 0 Å². The molecule has 0 amide bonds. The van der Waals surface area contributed by atoms with Gasteiger partial charge in [-0.05, 0) is 31.0 Å². The van der Waals surface area contributed by atoms with Crippen molar-refractivity contribution in [2.75, 3.05) is 7.11 Å². The van der Waals surface area contributed by atoms with Gasteiger partial charge in [-0.3, -0.25) is 9.00 Å². The molecule has 0 N–H and O–H groups in total. The number of ether oxygens (including phenoxy) is 1. The molecule has 0 radical (unpaired) electrons. The molecular formula is C15H14NO5S-. The molecule has 1 aliphatic carbocycles. The van der Waals surface area contributed by atoms with Crippen molar-refractivity contribution in [3.8, 4) is 5.75 Å². The lowest BCUT2D eigenvalue weighted by Gasteiger charge is -2.11. The number of ketones is 1. The molecule has 1 heterocycles. The lowest BCUT2D eigenvalue weighted by Crippen LogP contribution is -2.05. The largest absolute Gasteiger partial charge is 0.772 e. The third-order valence-electron chi connectivity index (χ3n) is 3.61. The van der Waals surface area contributed by atoms with E-state index < -0.39 is 11.1 Å². The maximum atomic E-state index is 12.6. The number of carbonyl (C=O) groups is 1. The SMILES string of the molecule is COc1ccc(C(=O)c2cnoc2C2CC2)cc1CS(=O)[O-]. The Morgan fingerprint density at radius 2 is 2.27 bits per heavy atom. The van der Waals surface area contributed by atoms with Gasteiger partial charge in [0, 0.05) is 22.8 Å². The van der Waals surface area contributed by atoms with E-state index in [9.17, 15) is 13.6 Å². The Labute approximate surface area is 129 Å². The van der Waals surface area contributed by atoms with Crippen LogP contribution in [-0.2, 0) is 16.8 Å². The second kappa shape index (κ2) is 6.02. The van der Waals surface area contributed by atoms with Gasteiger partial charge in [0.05, 0.1) is 18.9 Å². The molecule has 1 aromatic carbocycles. The topological polar surface area (TPSA) is 92.5 Å². The fraction of sp³-hybridized carbons (Fsp3) is 0.333. The maximum Gasteiger partial charge on any atom is 0.198 e. The van der Waals surface area contributed by atoms with Crippen molar-refractivity contribution in [2.45, 2.75) is 24.5 Å². The van der Waals surface area contributed by atoms with E-state index in [1.54, 1.807) is 18.2 Å². The van der Waals surface area contributed by atoms with Gasteiger partial charge in [0.2, 0.25) is 0 Å². The van der Waals surface area contributed by atoms with Gasteiger partial charge >= 0.3 is 0 Å². The number of hydrogen-bond acceptors (Lipinski definition) is 6. The molecule has 1 aromatic heterocycles. The van der Waals surface area contributed by atoms with Gasteiger partial charge in [-0.2, -0.15) is 0 Å². The Morgan fingerprint density at radius 1 is 1.50 bits per heavy atom. The highest BCUT2D eigenvalue weighted by Gasteiger charge is 2.32. The highest BCUT2D eigenvalue weighted by atomic mass is 32.2. The van der Waals surface area contributed by atoms with E-state index in [1.807, 2.05) is 0 Å². The van der Waals surface area contributed by atoms with Gasteiger partial charge in [-0.25, -0.2) is 0 Å². The molecule has 1 aliphatic rings. The molecule has 1 fully saturated rings. The predicted molar refractivity (Wildman–Crippen MR) is 77.5 cm³/mol. The minimum Gasteiger partial charge on any atom is -0.772 e. The quantitative estimate of drug-likeness (QED) is 0.598. The van der Waals surface area contributed by atoms with Crippen LogP contribution in [0.2, 0.25) is 0 Å². The summed E-state index contributed by atoms with van der Waals surface area (Å²) in [5, 5.41) is 3.72. The third kappa shape index (κ3) is 2.95. The van der Waals surface area contributed by atoms with E-state index in [1.165, 1.54) is 13.3 Å². The summed E-state index contributed by atoms with van der Waals surface area (Å²) in [7, 11) is 1.46. The molecule has 1 unspecified atom stereocenters. The molecule has 1 saturated carbocycles. The average Bonchev–Trinajstić information content (AvgIpc) is 3.23. The van der Waals surface area contributed by atoms with Crippen LogP contribution in [0.3, 0.4) is 0 Å². The molecular weight excluding hydrogens is 306 g/mol. The van der Waals surface area contributed by atoms with E-state index >= 15 is 0 Å². The van der Waals surface area contributed by atoms with Crippen LogP contribution in [0, 0.1) is 0 Å². The number of methoxy groups -OCH3 is 1. The zero-order valence-corrected chi connectivity index (χ0v) is 12.7.